The number of hydrogen-bond donors (Lipinski definition) is 1. The van der Waals surface area contributed by atoms with E-state index < -0.39 is 12.7 Å². The molecule has 1 atom stereocenters. The van der Waals surface area contributed by atoms with E-state index in [4.69, 9.17) is 21.1 Å². The fraction of sp³-hybridized carbons (Fsp3) is 0.350. The zero-order valence-electron chi connectivity index (χ0n) is 15.8. The summed E-state index contributed by atoms with van der Waals surface area (Å²) in [5, 5.41) is 3.38. The zero-order chi connectivity index (χ0) is 20.7. The topological polar surface area (TPSA) is 56.8 Å². The van der Waals surface area contributed by atoms with Crippen molar-refractivity contribution in [3.63, 3.8) is 0 Å². The van der Waals surface area contributed by atoms with Crippen LogP contribution in [0.5, 0.6) is 17.2 Å². The van der Waals surface area contributed by atoms with Gasteiger partial charge in [-0.3, -0.25) is 4.79 Å². The molecule has 1 amide bonds. The Balaban J connectivity index is 1.87. The second kappa shape index (κ2) is 10.1. The maximum Gasteiger partial charge on any atom is 0.387 e. The van der Waals surface area contributed by atoms with Crippen LogP contribution in [0, 0.1) is 6.92 Å². The minimum absolute atomic E-state index is 0.0452. The van der Waals surface area contributed by atoms with Crippen LogP contribution in [-0.2, 0) is 11.2 Å². The lowest BCUT2D eigenvalue weighted by atomic mass is 10.1. The molecule has 0 radical (unpaired) electrons. The van der Waals surface area contributed by atoms with Crippen LogP contribution in [0.15, 0.2) is 36.4 Å². The Hall–Kier alpha value is -2.54. The van der Waals surface area contributed by atoms with Crippen molar-refractivity contribution in [3.05, 3.63) is 52.5 Å². The van der Waals surface area contributed by atoms with Crippen LogP contribution in [0.2, 0.25) is 5.02 Å². The van der Waals surface area contributed by atoms with Gasteiger partial charge in [-0.05, 0) is 61.7 Å². The van der Waals surface area contributed by atoms with Crippen LogP contribution in [0.4, 0.5) is 8.78 Å². The Bertz CT molecular complexity index is 817. The molecule has 28 heavy (non-hydrogen) atoms. The summed E-state index contributed by atoms with van der Waals surface area (Å²) in [7, 11) is 1.37. The van der Waals surface area contributed by atoms with Crippen molar-refractivity contribution in [3.8, 4) is 17.2 Å². The van der Waals surface area contributed by atoms with Gasteiger partial charge in [0.1, 0.15) is 5.75 Å². The Kier molecular flexibility index (Phi) is 7.87. The van der Waals surface area contributed by atoms with Crippen molar-refractivity contribution in [2.75, 3.05) is 13.7 Å². The van der Waals surface area contributed by atoms with Gasteiger partial charge in [0.15, 0.2) is 17.6 Å². The molecule has 0 aromatic heterocycles. The van der Waals surface area contributed by atoms with Crippen LogP contribution in [-0.4, -0.2) is 32.3 Å². The van der Waals surface area contributed by atoms with E-state index in [0.717, 1.165) is 11.1 Å². The summed E-state index contributed by atoms with van der Waals surface area (Å²) < 4.78 is 40.0. The van der Waals surface area contributed by atoms with Crippen LogP contribution in [0.1, 0.15) is 18.1 Å². The highest BCUT2D eigenvalue weighted by atomic mass is 35.5. The van der Waals surface area contributed by atoms with Crippen molar-refractivity contribution in [1.29, 1.82) is 0 Å². The number of carbonyl (C=O) groups excluding carboxylic acids is 1. The lowest BCUT2D eigenvalue weighted by Crippen LogP contribution is -2.37. The molecule has 2 aromatic carbocycles. The number of methoxy groups -OCH3 is 1. The SMILES string of the molecule is COc1ccc(CCNC(=O)C(C)Oc2ccc(Cl)c(C)c2)cc1OC(F)F. The second-order valence-corrected chi connectivity index (χ2v) is 6.48. The van der Waals surface area contributed by atoms with Crippen molar-refractivity contribution >= 4 is 17.5 Å². The van der Waals surface area contributed by atoms with Gasteiger partial charge in [0.2, 0.25) is 0 Å². The summed E-state index contributed by atoms with van der Waals surface area (Å²) in [4.78, 5) is 12.2. The van der Waals surface area contributed by atoms with E-state index in [2.05, 4.69) is 10.1 Å². The van der Waals surface area contributed by atoms with Gasteiger partial charge >= 0.3 is 6.61 Å². The summed E-state index contributed by atoms with van der Waals surface area (Å²) in [6.07, 6.45) is -0.267. The number of nitrogens with one attached hydrogen (secondary N) is 1. The number of carbonyl (C=O) groups is 1. The Labute approximate surface area is 167 Å². The molecular formula is C20H22ClF2NO4. The maximum absolute atomic E-state index is 12.5. The first-order chi connectivity index (χ1) is 13.3. The number of rotatable bonds is 9. The van der Waals surface area contributed by atoms with Gasteiger partial charge in [-0.2, -0.15) is 8.78 Å². The molecular weight excluding hydrogens is 392 g/mol. The van der Waals surface area contributed by atoms with E-state index >= 15 is 0 Å². The number of hydrogen-bond acceptors (Lipinski definition) is 4. The fourth-order valence-corrected chi connectivity index (χ4v) is 2.60. The third-order valence-electron chi connectivity index (χ3n) is 3.97. The van der Waals surface area contributed by atoms with Gasteiger partial charge in [-0.15, -0.1) is 0 Å². The lowest BCUT2D eigenvalue weighted by Gasteiger charge is -2.16. The molecule has 0 spiro atoms. The van der Waals surface area contributed by atoms with E-state index in [1.807, 2.05) is 6.92 Å². The predicted molar refractivity (Wildman–Crippen MR) is 103 cm³/mol. The molecule has 0 aliphatic rings. The molecule has 0 aliphatic carbocycles. The molecule has 0 fully saturated rings. The number of benzene rings is 2. The number of alkyl halides is 2. The molecule has 2 aromatic rings. The molecule has 1 N–H and O–H groups in total. The molecule has 0 bridgehead atoms. The van der Waals surface area contributed by atoms with Gasteiger partial charge in [0.05, 0.1) is 7.11 Å². The quantitative estimate of drug-likeness (QED) is 0.662. The molecule has 0 saturated carbocycles. The first-order valence-corrected chi connectivity index (χ1v) is 9.00. The van der Waals surface area contributed by atoms with E-state index in [0.29, 0.717) is 23.7 Å². The fourth-order valence-electron chi connectivity index (χ4n) is 2.49. The van der Waals surface area contributed by atoms with Gasteiger partial charge in [0, 0.05) is 11.6 Å². The summed E-state index contributed by atoms with van der Waals surface area (Å²) in [5.74, 6) is 0.433. The first-order valence-electron chi connectivity index (χ1n) is 8.62. The Morgan fingerprint density at radius 1 is 1.14 bits per heavy atom. The van der Waals surface area contributed by atoms with Crippen molar-refractivity contribution in [1.82, 2.24) is 5.32 Å². The third kappa shape index (κ3) is 6.27. The summed E-state index contributed by atoms with van der Waals surface area (Å²) in [5.41, 5.74) is 1.58. The van der Waals surface area contributed by atoms with Crippen LogP contribution in [0.3, 0.4) is 0 Å². The molecule has 0 aliphatic heterocycles. The van der Waals surface area contributed by atoms with Gasteiger partial charge in [0.25, 0.3) is 5.91 Å². The second-order valence-electron chi connectivity index (χ2n) is 6.08. The number of aryl methyl sites for hydroxylation is 1. The van der Waals surface area contributed by atoms with Gasteiger partial charge < -0.3 is 19.5 Å². The minimum Gasteiger partial charge on any atom is -0.493 e. The molecule has 0 saturated heterocycles. The smallest absolute Gasteiger partial charge is 0.387 e. The molecule has 8 heteroatoms. The largest absolute Gasteiger partial charge is 0.493 e. The van der Waals surface area contributed by atoms with Gasteiger partial charge in [-0.25, -0.2) is 0 Å². The highest BCUT2D eigenvalue weighted by Crippen LogP contribution is 2.29. The van der Waals surface area contributed by atoms with E-state index in [-0.39, 0.29) is 17.4 Å². The number of halogens is 3. The normalized spacial score (nSPS) is 11.8. The molecule has 1 unspecified atom stereocenters. The number of amides is 1. The standard InChI is InChI=1S/C20H22ClF2NO4/c1-12-10-15(5-6-16(12)21)27-13(2)19(25)24-9-8-14-4-7-17(26-3)18(11-14)28-20(22)23/h4-7,10-11,13,20H,8-9H2,1-3H3,(H,24,25). The Morgan fingerprint density at radius 3 is 2.54 bits per heavy atom. The predicted octanol–water partition coefficient (Wildman–Crippen LogP) is 4.38. The van der Waals surface area contributed by atoms with E-state index in [1.165, 1.54) is 13.2 Å². The number of ether oxygens (including phenoxy) is 3. The Morgan fingerprint density at radius 2 is 1.89 bits per heavy atom. The molecule has 152 valence electrons. The maximum atomic E-state index is 12.5. The van der Waals surface area contributed by atoms with Crippen LogP contribution in [0.25, 0.3) is 0 Å². The average Bonchev–Trinajstić information content (AvgIpc) is 2.64. The zero-order valence-corrected chi connectivity index (χ0v) is 16.6. The summed E-state index contributed by atoms with van der Waals surface area (Å²) >= 11 is 5.97. The van der Waals surface area contributed by atoms with E-state index in [9.17, 15) is 13.6 Å². The van der Waals surface area contributed by atoms with Crippen molar-refractivity contribution < 1.29 is 27.8 Å². The molecule has 0 heterocycles. The third-order valence-corrected chi connectivity index (χ3v) is 4.39. The highest BCUT2D eigenvalue weighted by molar-refractivity contribution is 6.31. The minimum atomic E-state index is -2.95. The molecule has 5 nitrogen and oxygen atoms in total. The van der Waals surface area contributed by atoms with Crippen LogP contribution < -0.4 is 19.5 Å². The average molecular weight is 414 g/mol. The summed E-state index contributed by atoms with van der Waals surface area (Å²) in [6.45, 7) is 0.854. The van der Waals surface area contributed by atoms with Crippen molar-refractivity contribution in [2.45, 2.75) is 33.0 Å². The first kappa shape index (κ1) is 21.8. The highest BCUT2D eigenvalue weighted by Gasteiger charge is 2.15. The van der Waals surface area contributed by atoms with E-state index in [1.54, 1.807) is 37.3 Å². The summed E-state index contributed by atoms with van der Waals surface area (Å²) in [6, 6.07) is 9.89. The van der Waals surface area contributed by atoms with Gasteiger partial charge in [-0.1, -0.05) is 17.7 Å². The van der Waals surface area contributed by atoms with Crippen molar-refractivity contribution in [2.24, 2.45) is 0 Å². The lowest BCUT2D eigenvalue weighted by molar-refractivity contribution is -0.127. The molecule has 2 rings (SSSR count). The monoisotopic (exact) mass is 413 g/mol. The van der Waals surface area contributed by atoms with Crippen LogP contribution >= 0.6 is 11.6 Å².